The third-order valence-corrected chi connectivity index (χ3v) is 7.20. The van der Waals surface area contributed by atoms with Gasteiger partial charge in [0.15, 0.2) is 0 Å². The molecule has 1 saturated heterocycles. The van der Waals surface area contributed by atoms with Gasteiger partial charge in [-0.2, -0.15) is 0 Å². The second-order valence-electron chi connectivity index (χ2n) is 8.97. The van der Waals surface area contributed by atoms with Gasteiger partial charge in [-0.15, -0.1) is 0 Å². The molecule has 0 bridgehead atoms. The normalized spacial score (nSPS) is 19.4. The average molecular weight is 454 g/mol. The minimum absolute atomic E-state index is 0.0495. The molecule has 2 aliphatic rings. The molecule has 4 nitrogen and oxygen atoms in total. The number of ether oxygens (including phenoxy) is 1. The molecule has 0 spiro atoms. The van der Waals surface area contributed by atoms with Crippen molar-refractivity contribution in [1.29, 1.82) is 0 Å². The fraction of sp³-hybridized carbons (Fsp3) is 0.444. The Bertz CT molecular complexity index is 968. The summed E-state index contributed by atoms with van der Waals surface area (Å²) >= 11 is 6.70. The van der Waals surface area contributed by atoms with Crippen molar-refractivity contribution < 1.29 is 15.3 Å². The van der Waals surface area contributed by atoms with Gasteiger partial charge in [-0.05, 0) is 66.1 Å². The molecule has 1 aliphatic carbocycles. The van der Waals surface area contributed by atoms with Gasteiger partial charge in [0.05, 0.1) is 0 Å². The van der Waals surface area contributed by atoms with E-state index < -0.39 is 0 Å². The molecule has 2 fully saturated rings. The summed E-state index contributed by atoms with van der Waals surface area (Å²) in [6, 6.07) is 12.6. The fourth-order valence-electron chi connectivity index (χ4n) is 5.11. The lowest BCUT2D eigenvalue weighted by Crippen LogP contribution is -2.52. The minimum Gasteiger partial charge on any atom is -0.488 e. The van der Waals surface area contributed by atoms with Gasteiger partial charge in [0.25, 0.3) is 0 Å². The Labute approximate surface area is 196 Å². The highest BCUT2D eigenvalue weighted by Gasteiger charge is 2.36. The number of amides is 1. The molecule has 2 aromatic carbocycles. The molecule has 0 radical (unpaired) electrons. The molecule has 5 heteroatoms. The highest BCUT2D eigenvalue weighted by Crippen LogP contribution is 2.34. The standard InChI is InChI=1S/C27H33ClN2O2/c1-2-19-17-24(32-15-13-29)10-11-25(19)20-8-9-21(26(28)18-20)16-22-12-14-30(27(22)31)23-6-4-3-5-7-23/h2,8-11,17-18,22-23H,1,3-7,12-16,29H2/p+1. The SMILES string of the molecule is C=Cc1cc(OCC[NH3+])ccc1-c1ccc(CC2CCN(C3CCCCC3)C2=O)c(Cl)c1. The highest BCUT2D eigenvalue weighted by molar-refractivity contribution is 6.31. The first kappa shape index (κ1) is 22.9. The lowest BCUT2D eigenvalue weighted by molar-refractivity contribution is -0.370. The number of likely N-dealkylation sites (tertiary alicyclic amines) is 1. The lowest BCUT2D eigenvalue weighted by atomic mass is 9.93. The van der Waals surface area contributed by atoms with Crippen molar-refractivity contribution in [2.45, 2.75) is 51.0 Å². The second-order valence-corrected chi connectivity index (χ2v) is 9.38. The van der Waals surface area contributed by atoms with E-state index in [-0.39, 0.29) is 5.92 Å². The summed E-state index contributed by atoms with van der Waals surface area (Å²) in [6.07, 6.45) is 9.63. The summed E-state index contributed by atoms with van der Waals surface area (Å²) in [6.45, 7) is 6.17. The summed E-state index contributed by atoms with van der Waals surface area (Å²) < 4.78 is 5.70. The monoisotopic (exact) mass is 453 g/mol. The number of benzene rings is 2. The van der Waals surface area contributed by atoms with Crippen molar-refractivity contribution in [2.75, 3.05) is 19.7 Å². The van der Waals surface area contributed by atoms with Crippen LogP contribution in [0.4, 0.5) is 0 Å². The van der Waals surface area contributed by atoms with Gasteiger partial charge in [-0.25, -0.2) is 0 Å². The van der Waals surface area contributed by atoms with Crippen LogP contribution in [0.15, 0.2) is 43.0 Å². The molecule has 2 aromatic rings. The van der Waals surface area contributed by atoms with E-state index in [2.05, 4.69) is 29.3 Å². The average Bonchev–Trinajstić information content (AvgIpc) is 3.19. The summed E-state index contributed by atoms with van der Waals surface area (Å²) in [4.78, 5) is 15.2. The van der Waals surface area contributed by atoms with E-state index in [0.29, 0.717) is 25.0 Å². The van der Waals surface area contributed by atoms with Crippen molar-refractivity contribution in [1.82, 2.24) is 4.90 Å². The van der Waals surface area contributed by atoms with Crippen LogP contribution in [0, 0.1) is 5.92 Å². The van der Waals surface area contributed by atoms with Gasteiger partial charge >= 0.3 is 0 Å². The van der Waals surface area contributed by atoms with E-state index >= 15 is 0 Å². The molecule has 1 amide bonds. The lowest BCUT2D eigenvalue weighted by Gasteiger charge is -2.31. The first-order chi connectivity index (χ1) is 15.6. The highest BCUT2D eigenvalue weighted by atomic mass is 35.5. The molecule has 1 unspecified atom stereocenters. The molecule has 1 heterocycles. The van der Waals surface area contributed by atoms with Crippen LogP contribution in [-0.4, -0.2) is 36.5 Å². The van der Waals surface area contributed by atoms with E-state index in [4.69, 9.17) is 16.3 Å². The fourth-order valence-corrected chi connectivity index (χ4v) is 5.36. The van der Waals surface area contributed by atoms with Crippen LogP contribution in [-0.2, 0) is 11.2 Å². The van der Waals surface area contributed by atoms with Crippen LogP contribution in [0.2, 0.25) is 5.02 Å². The summed E-state index contributed by atoms with van der Waals surface area (Å²) in [5.41, 5.74) is 7.97. The van der Waals surface area contributed by atoms with E-state index in [1.54, 1.807) is 0 Å². The van der Waals surface area contributed by atoms with Gasteiger partial charge in [0.1, 0.15) is 18.9 Å². The molecule has 170 valence electrons. The first-order valence-corrected chi connectivity index (χ1v) is 12.3. The van der Waals surface area contributed by atoms with Crippen molar-refractivity contribution in [3.8, 4) is 16.9 Å². The number of hydrogen-bond donors (Lipinski definition) is 1. The molecule has 1 atom stereocenters. The van der Waals surface area contributed by atoms with Crippen molar-refractivity contribution >= 4 is 23.6 Å². The van der Waals surface area contributed by atoms with Gasteiger partial charge in [0.2, 0.25) is 5.91 Å². The summed E-state index contributed by atoms with van der Waals surface area (Å²) in [5.74, 6) is 1.19. The smallest absolute Gasteiger partial charge is 0.226 e. The third-order valence-electron chi connectivity index (χ3n) is 6.85. The van der Waals surface area contributed by atoms with Crippen LogP contribution < -0.4 is 10.5 Å². The zero-order valence-corrected chi connectivity index (χ0v) is 19.6. The molecule has 1 saturated carbocycles. The number of rotatable bonds is 8. The van der Waals surface area contributed by atoms with Crippen molar-refractivity contribution in [3.05, 3.63) is 59.1 Å². The van der Waals surface area contributed by atoms with E-state index in [0.717, 1.165) is 52.5 Å². The zero-order chi connectivity index (χ0) is 22.5. The topological polar surface area (TPSA) is 57.2 Å². The summed E-state index contributed by atoms with van der Waals surface area (Å²) in [5, 5.41) is 0.721. The Kier molecular flexibility index (Phi) is 7.54. The largest absolute Gasteiger partial charge is 0.488 e. The molecule has 3 N–H and O–H groups in total. The number of nitrogens with zero attached hydrogens (tertiary/aromatic N) is 1. The quantitative estimate of drug-likeness (QED) is 0.611. The van der Waals surface area contributed by atoms with Gasteiger partial charge < -0.3 is 15.4 Å². The van der Waals surface area contributed by atoms with Gasteiger partial charge in [-0.1, -0.05) is 61.7 Å². The number of hydrogen-bond acceptors (Lipinski definition) is 2. The van der Waals surface area contributed by atoms with E-state index in [1.807, 2.05) is 30.3 Å². The Morgan fingerprint density at radius 1 is 1.12 bits per heavy atom. The van der Waals surface area contributed by atoms with E-state index in [9.17, 15) is 4.79 Å². The van der Waals surface area contributed by atoms with Crippen LogP contribution in [0.1, 0.15) is 49.7 Å². The van der Waals surface area contributed by atoms with Gasteiger partial charge in [-0.3, -0.25) is 4.79 Å². The van der Waals surface area contributed by atoms with Crippen molar-refractivity contribution in [2.24, 2.45) is 5.92 Å². The molecule has 1 aliphatic heterocycles. The Morgan fingerprint density at radius 2 is 1.94 bits per heavy atom. The number of carbonyl (C=O) groups is 1. The maximum absolute atomic E-state index is 13.1. The number of halogens is 1. The minimum atomic E-state index is 0.0495. The first-order valence-electron chi connectivity index (χ1n) is 11.9. The summed E-state index contributed by atoms with van der Waals surface area (Å²) in [7, 11) is 0. The molecular formula is C27H34ClN2O2+. The second kappa shape index (κ2) is 10.5. The third kappa shape index (κ3) is 5.02. The predicted octanol–water partition coefficient (Wildman–Crippen LogP) is 4.99. The molecule has 32 heavy (non-hydrogen) atoms. The Balaban J connectivity index is 1.47. The Hall–Kier alpha value is -2.30. The van der Waals surface area contributed by atoms with Crippen LogP contribution >= 0.6 is 11.6 Å². The predicted molar refractivity (Wildman–Crippen MR) is 131 cm³/mol. The van der Waals surface area contributed by atoms with E-state index in [1.165, 1.54) is 32.1 Å². The van der Waals surface area contributed by atoms with Gasteiger partial charge in [0, 0.05) is 23.5 Å². The van der Waals surface area contributed by atoms with Crippen LogP contribution in [0.5, 0.6) is 5.75 Å². The molecule has 0 aromatic heterocycles. The maximum Gasteiger partial charge on any atom is 0.226 e. The Morgan fingerprint density at radius 3 is 2.66 bits per heavy atom. The van der Waals surface area contributed by atoms with Crippen LogP contribution in [0.3, 0.4) is 0 Å². The molecule has 4 rings (SSSR count). The maximum atomic E-state index is 13.1. The van der Waals surface area contributed by atoms with Crippen LogP contribution in [0.25, 0.3) is 17.2 Å². The number of carbonyl (C=O) groups excluding carboxylic acids is 1. The number of quaternary nitrogens is 1. The van der Waals surface area contributed by atoms with Crippen molar-refractivity contribution in [3.63, 3.8) is 0 Å². The zero-order valence-electron chi connectivity index (χ0n) is 18.8. The molecular weight excluding hydrogens is 420 g/mol.